The van der Waals surface area contributed by atoms with Gasteiger partial charge >= 0.3 is 0 Å². The summed E-state index contributed by atoms with van der Waals surface area (Å²) in [6.45, 7) is 0.601. The lowest BCUT2D eigenvalue weighted by Gasteiger charge is -2.30. The number of carbonyl (C=O) groups excluding carboxylic acids is 1. The van der Waals surface area contributed by atoms with Crippen molar-refractivity contribution >= 4 is 43.2 Å². The fraction of sp³-hybridized carbons (Fsp3) is 0.136. The predicted octanol–water partition coefficient (Wildman–Crippen LogP) is 4.84. The zero-order chi connectivity index (χ0) is 20.4. The molecular weight excluding hydrogens is 452 g/mol. The van der Waals surface area contributed by atoms with Crippen molar-refractivity contribution in [2.24, 2.45) is 0 Å². The molecule has 7 heteroatoms. The minimum Gasteiger partial charge on any atom is -0.308 e. The van der Waals surface area contributed by atoms with Gasteiger partial charge in [-0.2, -0.15) is 0 Å². The summed E-state index contributed by atoms with van der Waals surface area (Å²) in [4.78, 5) is 14.9. The fourth-order valence-corrected chi connectivity index (χ4v) is 4.73. The predicted molar refractivity (Wildman–Crippen MR) is 118 cm³/mol. The molecule has 0 atom stereocenters. The Bertz CT molecular complexity index is 1150. The second-order valence-electron chi connectivity index (χ2n) is 6.83. The lowest BCUT2D eigenvalue weighted by Crippen LogP contribution is -2.35. The summed E-state index contributed by atoms with van der Waals surface area (Å²) < 4.78 is 28.8. The normalized spacial score (nSPS) is 13.6. The Hall–Kier alpha value is -2.64. The molecule has 1 aliphatic heterocycles. The molecule has 0 saturated carbocycles. The smallest absolute Gasteiger partial charge is 0.261 e. The van der Waals surface area contributed by atoms with Crippen molar-refractivity contribution in [2.75, 3.05) is 16.2 Å². The first kappa shape index (κ1) is 19.7. The van der Waals surface area contributed by atoms with Crippen molar-refractivity contribution in [3.63, 3.8) is 0 Å². The summed E-state index contributed by atoms with van der Waals surface area (Å²) >= 11 is 3.31. The van der Waals surface area contributed by atoms with Crippen LogP contribution in [-0.4, -0.2) is 20.9 Å². The van der Waals surface area contributed by atoms with E-state index in [0.717, 1.165) is 28.6 Å². The zero-order valence-corrected chi connectivity index (χ0v) is 17.9. The van der Waals surface area contributed by atoms with E-state index in [-0.39, 0.29) is 10.8 Å². The third kappa shape index (κ3) is 4.21. The van der Waals surface area contributed by atoms with Gasteiger partial charge in [-0.15, -0.1) is 0 Å². The Morgan fingerprint density at radius 3 is 2.41 bits per heavy atom. The van der Waals surface area contributed by atoms with E-state index in [0.29, 0.717) is 17.8 Å². The number of aryl methyl sites for hydroxylation is 1. The first-order valence-corrected chi connectivity index (χ1v) is 11.5. The number of hydrogen-bond donors (Lipinski definition) is 1. The minimum absolute atomic E-state index is 0.0838. The van der Waals surface area contributed by atoms with E-state index in [2.05, 4.69) is 20.7 Å². The van der Waals surface area contributed by atoms with Crippen molar-refractivity contribution in [2.45, 2.75) is 17.7 Å². The first-order valence-electron chi connectivity index (χ1n) is 9.22. The van der Waals surface area contributed by atoms with Gasteiger partial charge < -0.3 is 4.90 Å². The maximum absolute atomic E-state index is 13.0. The average molecular weight is 471 g/mol. The molecular formula is C22H19BrN2O3S. The van der Waals surface area contributed by atoms with Gasteiger partial charge in [-0.3, -0.25) is 9.52 Å². The van der Waals surface area contributed by atoms with Crippen molar-refractivity contribution in [3.8, 4) is 0 Å². The van der Waals surface area contributed by atoms with E-state index < -0.39 is 10.0 Å². The van der Waals surface area contributed by atoms with Crippen LogP contribution in [0.1, 0.15) is 22.3 Å². The monoisotopic (exact) mass is 470 g/mol. The maximum atomic E-state index is 13.0. The molecule has 1 N–H and O–H groups in total. The van der Waals surface area contributed by atoms with E-state index in [4.69, 9.17) is 0 Å². The average Bonchev–Trinajstić information content (AvgIpc) is 2.73. The first-order chi connectivity index (χ1) is 13.9. The summed E-state index contributed by atoms with van der Waals surface area (Å²) in [5, 5.41) is 0. The Morgan fingerprint density at radius 2 is 1.69 bits per heavy atom. The minimum atomic E-state index is -3.72. The topological polar surface area (TPSA) is 66.5 Å². The molecule has 3 aromatic rings. The van der Waals surface area contributed by atoms with Crippen molar-refractivity contribution in [1.29, 1.82) is 0 Å². The molecule has 3 aromatic carbocycles. The van der Waals surface area contributed by atoms with Gasteiger partial charge in [0.05, 0.1) is 10.6 Å². The van der Waals surface area contributed by atoms with Crippen LogP contribution in [-0.2, 0) is 16.4 Å². The third-order valence-corrected chi connectivity index (χ3v) is 6.77. The number of halogens is 1. The Labute approximate surface area is 178 Å². The number of hydrogen-bond acceptors (Lipinski definition) is 3. The number of fused-ring (bicyclic) bond motifs is 1. The molecule has 0 radical (unpaired) electrons. The van der Waals surface area contributed by atoms with E-state index in [9.17, 15) is 13.2 Å². The summed E-state index contributed by atoms with van der Waals surface area (Å²) in [5.74, 6) is -0.0838. The number of carbonyl (C=O) groups is 1. The largest absolute Gasteiger partial charge is 0.308 e. The van der Waals surface area contributed by atoms with Crippen LogP contribution < -0.4 is 9.62 Å². The molecule has 0 aromatic heterocycles. The second-order valence-corrected chi connectivity index (χ2v) is 9.43. The Morgan fingerprint density at radius 1 is 0.966 bits per heavy atom. The molecule has 0 fully saturated rings. The van der Waals surface area contributed by atoms with Gasteiger partial charge in [0.2, 0.25) is 0 Å². The molecule has 29 heavy (non-hydrogen) atoms. The van der Waals surface area contributed by atoms with Gasteiger partial charge in [-0.1, -0.05) is 40.2 Å². The van der Waals surface area contributed by atoms with Gasteiger partial charge in [0.15, 0.2) is 0 Å². The summed E-state index contributed by atoms with van der Waals surface area (Å²) in [6.07, 6.45) is 1.73. The van der Waals surface area contributed by atoms with Crippen LogP contribution in [0.4, 0.5) is 11.4 Å². The van der Waals surface area contributed by atoms with Crippen LogP contribution in [0.3, 0.4) is 0 Å². The van der Waals surface area contributed by atoms with Crippen molar-refractivity contribution in [1.82, 2.24) is 0 Å². The van der Waals surface area contributed by atoms with Crippen molar-refractivity contribution in [3.05, 3.63) is 88.4 Å². The summed E-state index contributed by atoms with van der Waals surface area (Å²) in [7, 11) is -3.72. The highest BCUT2D eigenvalue weighted by Crippen LogP contribution is 2.32. The summed E-state index contributed by atoms with van der Waals surface area (Å²) in [6, 6.07) is 20.9. The number of anilines is 2. The molecule has 0 spiro atoms. The second kappa shape index (κ2) is 8.00. The quantitative estimate of drug-likeness (QED) is 0.592. The lowest BCUT2D eigenvalue weighted by molar-refractivity contribution is 0.0985. The molecule has 1 heterocycles. The van der Waals surface area contributed by atoms with E-state index in [1.165, 1.54) is 12.1 Å². The zero-order valence-electron chi connectivity index (χ0n) is 15.5. The van der Waals surface area contributed by atoms with Gasteiger partial charge in [-0.05, 0) is 66.9 Å². The summed E-state index contributed by atoms with van der Waals surface area (Å²) in [5.41, 5.74) is 2.83. The highest BCUT2D eigenvalue weighted by molar-refractivity contribution is 9.10. The van der Waals surface area contributed by atoms with Gasteiger partial charge in [-0.25, -0.2) is 8.42 Å². The lowest BCUT2D eigenvalue weighted by atomic mass is 10.00. The fourth-order valence-electron chi connectivity index (χ4n) is 3.41. The highest BCUT2D eigenvalue weighted by atomic mass is 79.9. The SMILES string of the molecule is O=C(c1ccccc1)N1CCCc2ccc(NS(=O)(=O)c3ccc(Br)cc3)cc21. The number of rotatable bonds is 4. The molecule has 1 amide bonds. The van der Waals surface area contributed by atoms with E-state index in [1.54, 1.807) is 41.3 Å². The third-order valence-electron chi connectivity index (χ3n) is 4.85. The number of nitrogens with zero attached hydrogens (tertiary/aromatic N) is 1. The number of amides is 1. The van der Waals surface area contributed by atoms with Crippen LogP contribution in [0.15, 0.2) is 82.2 Å². The number of sulfonamides is 1. The molecule has 4 rings (SSSR count). The molecule has 0 bridgehead atoms. The molecule has 1 aliphatic rings. The van der Waals surface area contributed by atoms with E-state index in [1.807, 2.05) is 24.3 Å². The molecule has 0 saturated heterocycles. The van der Waals surface area contributed by atoms with Crippen molar-refractivity contribution < 1.29 is 13.2 Å². The molecule has 5 nitrogen and oxygen atoms in total. The maximum Gasteiger partial charge on any atom is 0.261 e. The Kier molecular flexibility index (Phi) is 5.43. The molecule has 0 unspecified atom stereocenters. The Balaban J connectivity index is 1.65. The van der Waals surface area contributed by atoms with Crippen LogP contribution in [0.2, 0.25) is 0 Å². The van der Waals surface area contributed by atoms with Crippen LogP contribution in [0, 0.1) is 0 Å². The van der Waals surface area contributed by atoms with Crippen LogP contribution in [0.25, 0.3) is 0 Å². The van der Waals surface area contributed by atoms with Gasteiger partial charge in [0.1, 0.15) is 0 Å². The number of nitrogens with one attached hydrogen (secondary N) is 1. The number of benzene rings is 3. The van der Waals surface area contributed by atoms with Crippen LogP contribution >= 0.6 is 15.9 Å². The highest BCUT2D eigenvalue weighted by Gasteiger charge is 2.24. The van der Waals surface area contributed by atoms with Gasteiger partial charge in [0.25, 0.3) is 15.9 Å². The van der Waals surface area contributed by atoms with Crippen LogP contribution in [0.5, 0.6) is 0 Å². The molecule has 0 aliphatic carbocycles. The molecule has 148 valence electrons. The van der Waals surface area contributed by atoms with Gasteiger partial charge in [0, 0.05) is 22.3 Å². The van der Waals surface area contributed by atoms with E-state index >= 15 is 0 Å². The standard InChI is InChI=1S/C22H19BrN2O3S/c23-18-9-12-20(13-10-18)29(27,28)24-19-11-8-16-7-4-14-25(21(16)15-19)22(26)17-5-2-1-3-6-17/h1-3,5-6,8-13,15,24H,4,7,14H2.